The van der Waals surface area contributed by atoms with E-state index in [1.54, 1.807) is 18.3 Å². The molecule has 0 saturated heterocycles. The minimum atomic E-state index is -0.694. The second-order valence-corrected chi connectivity index (χ2v) is 7.03. The molecule has 0 aliphatic heterocycles. The summed E-state index contributed by atoms with van der Waals surface area (Å²) in [7, 11) is 0. The summed E-state index contributed by atoms with van der Waals surface area (Å²) in [6, 6.07) is 9.98. The van der Waals surface area contributed by atoms with E-state index in [9.17, 15) is 4.79 Å². The average Bonchev–Trinajstić information content (AvgIpc) is 3.14. The molecular formula is C17H18N2O2S. The Morgan fingerprint density at radius 1 is 1.45 bits per heavy atom. The third-order valence-electron chi connectivity index (χ3n) is 4.29. The lowest BCUT2D eigenvalue weighted by Crippen LogP contribution is -2.34. The Hall–Kier alpha value is -1.93. The average molecular weight is 314 g/mol. The normalized spacial score (nSPS) is 18.0. The van der Waals surface area contributed by atoms with Crippen LogP contribution in [0.25, 0.3) is 10.2 Å². The van der Waals surface area contributed by atoms with Crippen molar-refractivity contribution in [3.63, 3.8) is 0 Å². The van der Waals surface area contributed by atoms with Crippen LogP contribution in [-0.2, 0) is 16.0 Å². The molecule has 0 radical (unpaired) electrons. The molecule has 0 unspecified atom stereocenters. The number of nitriles is 1. The minimum absolute atomic E-state index is 0.238. The van der Waals surface area contributed by atoms with Crippen molar-refractivity contribution < 1.29 is 9.53 Å². The number of hydrogen-bond acceptors (Lipinski definition) is 5. The Labute approximate surface area is 133 Å². The van der Waals surface area contributed by atoms with E-state index < -0.39 is 11.5 Å². The molecule has 1 aliphatic rings. The van der Waals surface area contributed by atoms with Gasteiger partial charge in [-0.2, -0.15) is 5.26 Å². The van der Waals surface area contributed by atoms with Gasteiger partial charge in [0.15, 0.2) is 6.10 Å². The monoisotopic (exact) mass is 314 g/mol. The number of hydrogen-bond donors (Lipinski definition) is 0. The van der Waals surface area contributed by atoms with E-state index in [1.165, 1.54) is 0 Å². The van der Waals surface area contributed by atoms with E-state index in [4.69, 9.17) is 10.00 Å². The predicted molar refractivity (Wildman–Crippen MR) is 85.4 cm³/mol. The maximum absolute atomic E-state index is 12.6. The molecule has 2 aromatic rings. The molecule has 0 bridgehead atoms. The SMILES string of the molecule is C[C@H](C#N)OC(=O)C1(Cc2nc3ccccc3s2)CCCC1. The number of carbonyl (C=O) groups is 1. The number of benzene rings is 1. The minimum Gasteiger partial charge on any atom is -0.447 e. The van der Waals surface area contributed by atoms with Crippen LogP contribution in [0.3, 0.4) is 0 Å². The van der Waals surface area contributed by atoms with E-state index >= 15 is 0 Å². The molecule has 1 aromatic carbocycles. The number of carbonyl (C=O) groups excluding carboxylic acids is 1. The van der Waals surface area contributed by atoms with Crippen molar-refractivity contribution in [2.45, 2.75) is 45.1 Å². The largest absolute Gasteiger partial charge is 0.447 e. The van der Waals surface area contributed by atoms with Crippen molar-refractivity contribution in [2.24, 2.45) is 5.41 Å². The van der Waals surface area contributed by atoms with Gasteiger partial charge in [0.2, 0.25) is 0 Å². The molecule has 1 aliphatic carbocycles. The topological polar surface area (TPSA) is 63.0 Å². The first-order valence-electron chi connectivity index (χ1n) is 7.58. The van der Waals surface area contributed by atoms with Gasteiger partial charge in [0, 0.05) is 6.42 Å². The first kappa shape index (κ1) is 15.0. The first-order valence-corrected chi connectivity index (χ1v) is 8.40. The maximum Gasteiger partial charge on any atom is 0.313 e. The van der Waals surface area contributed by atoms with Crippen molar-refractivity contribution in [1.29, 1.82) is 5.26 Å². The van der Waals surface area contributed by atoms with E-state index in [-0.39, 0.29) is 5.97 Å². The molecule has 114 valence electrons. The fraction of sp³-hybridized carbons (Fsp3) is 0.471. The Kier molecular flexibility index (Phi) is 4.12. The van der Waals surface area contributed by atoms with Crippen molar-refractivity contribution in [2.75, 3.05) is 0 Å². The van der Waals surface area contributed by atoms with Gasteiger partial charge in [0.1, 0.15) is 6.07 Å². The number of rotatable bonds is 4. The van der Waals surface area contributed by atoms with Crippen molar-refractivity contribution in [3.05, 3.63) is 29.3 Å². The number of thiazole rings is 1. The van der Waals surface area contributed by atoms with Gasteiger partial charge < -0.3 is 4.74 Å². The lowest BCUT2D eigenvalue weighted by Gasteiger charge is -2.26. The molecule has 3 rings (SSSR count). The zero-order valence-electron chi connectivity index (χ0n) is 12.5. The summed E-state index contributed by atoms with van der Waals surface area (Å²) in [6.45, 7) is 1.61. The predicted octanol–water partition coefficient (Wildman–Crippen LogP) is 3.85. The van der Waals surface area contributed by atoms with Crippen LogP contribution in [0, 0.1) is 16.7 Å². The molecule has 0 N–H and O–H groups in total. The molecule has 5 heteroatoms. The van der Waals surface area contributed by atoms with Crippen LogP contribution in [0.5, 0.6) is 0 Å². The van der Waals surface area contributed by atoms with Crippen LogP contribution >= 0.6 is 11.3 Å². The lowest BCUT2D eigenvalue weighted by molar-refractivity contribution is -0.158. The lowest BCUT2D eigenvalue weighted by atomic mass is 9.83. The van der Waals surface area contributed by atoms with Crippen LogP contribution in [0.4, 0.5) is 0 Å². The first-order chi connectivity index (χ1) is 10.6. The van der Waals surface area contributed by atoms with Crippen LogP contribution in [0.2, 0.25) is 0 Å². The van der Waals surface area contributed by atoms with E-state index in [0.717, 1.165) is 40.9 Å². The zero-order valence-corrected chi connectivity index (χ0v) is 13.4. The molecule has 1 fully saturated rings. The number of aromatic nitrogens is 1. The summed E-state index contributed by atoms with van der Waals surface area (Å²) in [5.74, 6) is -0.238. The van der Waals surface area contributed by atoms with Crippen molar-refractivity contribution in [1.82, 2.24) is 4.98 Å². The molecule has 22 heavy (non-hydrogen) atoms. The third kappa shape index (κ3) is 2.84. The molecule has 0 spiro atoms. The van der Waals surface area contributed by atoms with Crippen LogP contribution in [0.1, 0.15) is 37.6 Å². The fourth-order valence-electron chi connectivity index (χ4n) is 3.10. The Balaban J connectivity index is 1.85. The molecule has 0 amide bonds. The highest BCUT2D eigenvalue weighted by Gasteiger charge is 2.44. The summed E-state index contributed by atoms with van der Waals surface area (Å²) in [5, 5.41) is 9.83. The van der Waals surface area contributed by atoms with Gasteiger partial charge in [0.25, 0.3) is 0 Å². The number of para-hydroxylation sites is 1. The molecule has 1 aromatic heterocycles. The van der Waals surface area contributed by atoms with Gasteiger partial charge in [-0.1, -0.05) is 25.0 Å². The quantitative estimate of drug-likeness (QED) is 0.804. The zero-order chi connectivity index (χ0) is 15.6. The summed E-state index contributed by atoms with van der Waals surface area (Å²) >= 11 is 1.64. The second-order valence-electron chi connectivity index (χ2n) is 5.92. The molecule has 1 saturated carbocycles. The van der Waals surface area contributed by atoms with Crippen molar-refractivity contribution in [3.8, 4) is 6.07 Å². The number of ether oxygens (including phenoxy) is 1. The Bertz CT molecular complexity index is 693. The third-order valence-corrected chi connectivity index (χ3v) is 5.32. The summed E-state index contributed by atoms with van der Waals surface area (Å²) in [6.07, 6.45) is 3.62. The van der Waals surface area contributed by atoms with Gasteiger partial charge in [-0.05, 0) is 31.9 Å². The van der Waals surface area contributed by atoms with Gasteiger partial charge in [0.05, 0.1) is 20.6 Å². The summed E-state index contributed by atoms with van der Waals surface area (Å²) < 4.78 is 6.45. The van der Waals surface area contributed by atoms with Crippen LogP contribution < -0.4 is 0 Å². The van der Waals surface area contributed by atoms with E-state index in [0.29, 0.717) is 6.42 Å². The van der Waals surface area contributed by atoms with E-state index in [1.807, 2.05) is 30.3 Å². The second kappa shape index (κ2) is 6.05. The Morgan fingerprint density at radius 3 is 2.86 bits per heavy atom. The summed E-state index contributed by atoms with van der Waals surface area (Å²) in [5.41, 5.74) is 0.480. The highest BCUT2D eigenvalue weighted by atomic mass is 32.1. The maximum atomic E-state index is 12.6. The van der Waals surface area contributed by atoms with Crippen LogP contribution in [0.15, 0.2) is 24.3 Å². The molecular weight excluding hydrogens is 296 g/mol. The van der Waals surface area contributed by atoms with Crippen LogP contribution in [-0.4, -0.2) is 17.1 Å². The Morgan fingerprint density at radius 2 is 2.18 bits per heavy atom. The molecule has 1 heterocycles. The summed E-state index contributed by atoms with van der Waals surface area (Å²) in [4.78, 5) is 17.2. The van der Waals surface area contributed by atoms with Gasteiger partial charge in [-0.25, -0.2) is 4.98 Å². The highest BCUT2D eigenvalue weighted by molar-refractivity contribution is 7.18. The fourth-order valence-corrected chi connectivity index (χ4v) is 4.21. The van der Waals surface area contributed by atoms with E-state index in [2.05, 4.69) is 4.98 Å². The van der Waals surface area contributed by atoms with Gasteiger partial charge in [-0.15, -0.1) is 11.3 Å². The van der Waals surface area contributed by atoms with Gasteiger partial charge in [-0.3, -0.25) is 4.79 Å². The molecule has 1 atom stereocenters. The van der Waals surface area contributed by atoms with Crippen molar-refractivity contribution >= 4 is 27.5 Å². The number of fused-ring (bicyclic) bond motifs is 1. The number of nitrogens with zero attached hydrogens (tertiary/aromatic N) is 2. The standard InChI is InChI=1S/C17H18N2O2S/c1-12(11-18)21-16(20)17(8-4-5-9-17)10-15-19-13-6-2-3-7-14(13)22-15/h2-3,6-7,12H,4-5,8-10H2,1H3/t12-/m1/s1. The molecule has 4 nitrogen and oxygen atoms in total. The number of esters is 1. The highest BCUT2D eigenvalue weighted by Crippen LogP contribution is 2.43. The van der Waals surface area contributed by atoms with Gasteiger partial charge >= 0.3 is 5.97 Å². The smallest absolute Gasteiger partial charge is 0.313 e.